The summed E-state index contributed by atoms with van der Waals surface area (Å²) in [5.74, 6) is 1.74. The molecule has 0 heterocycles. The Morgan fingerprint density at radius 1 is 0.950 bits per heavy atom. The van der Waals surface area contributed by atoms with E-state index in [1.165, 1.54) is 0 Å². The van der Waals surface area contributed by atoms with Crippen LogP contribution in [-0.4, -0.2) is 13.2 Å². The Hall–Kier alpha value is -2.00. The first-order valence-corrected chi connectivity index (χ1v) is 6.96. The van der Waals surface area contributed by atoms with E-state index < -0.39 is 0 Å². The maximum Gasteiger partial charge on any atom is 0.124 e. The normalized spacial score (nSPS) is 11.9. The quantitative estimate of drug-likeness (QED) is 0.837. The Bertz CT molecular complexity index is 513. The molecule has 2 rings (SSSR count). The Kier molecular flexibility index (Phi) is 5.44. The van der Waals surface area contributed by atoms with Gasteiger partial charge in [-0.25, -0.2) is 0 Å². The average Bonchev–Trinajstić information content (AvgIpc) is 2.49. The van der Waals surface area contributed by atoms with Crippen molar-refractivity contribution >= 4 is 0 Å². The third-order valence-corrected chi connectivity index (χ3v) is 3.06. The number of para-hydroxylation sites is 2. The van der Waals surface area contributed by atoms with Gasteiger partial charge in [-0.05, 0) is 25.1 Å². The molecule has 106 valence electrons. The van der Waals surface area contributed by atoms with Gasteiger partial charge in [-0.3, -0.25) is 0 Å². The van der Waals surface area contributed by atoms with Gasteiger partial charge in [-0.2, -0.15) is 0 Å². The van der Waals surface area contributed by atoms with Crippen LogP contribution in [0.3, 0.4) is 0 Å². The van der Waals surface area contributed by atoms with Gasteiger partial charge in [0.2, 0.25) is 0 Å². The molecule has 3 heteroatoms. The summed E-state index contributed by atoms with van der Waals surface area (Å²) in [6.07, 6.45) is 0.749. The summed E-state index contributed by atoms with van der Waals surface area (Å²) in [5.41, 5.74) is 7.26. The van der Waals surface area contributed by atoms with Gasteiger partial charge >= 0.3 is 0 Å². The van der Waals surface area contributed by atoms with Crippen molar-refractivity contribution < 1.29 is 9.47 Å². The molecule has 0 aliphatic heterocycles. The van der Waals surface area contributed by atoms with Crippen molar-refractivity contribution in [3.63, 3.8) is 0 Å². The molecule has 20 heavy (non-hydrogen) atoms. The van der Waals surface area contributed by atoms with Crippen LogP contribution >= 0.6 is 0 Å². The van der Waals surface area contributed by atoms with Crippen LogP contribution in [0.4, 0.5) is 0 Å². The van der Waals surface area contributed by atoms with Crippen molar-refractivity contribution in [2.75, 3.05) is 13.2 Å². The van der Waals surface area contributed by atoms with Gasteiger partial charge in [0.15, 0.2) is 0 Å². The second-order valence-corrected chi connectivity index (χ2v) is 4.53. The first-order valence-electron chi connectivity index (χ1n) is 6.96. The van der Waals surface area contributed by atoms with Gasteiger partial charge < -0.3 is 15.2 Å². The molecule has 1 unspecified atom stereocenters. The molecule has 0 amide bonds. The van der Waals surface area contributed by atoms with Crippen LogP contribution in [-0.2, 0) is 0 Å². The van der Waals surface area contributed by atoms with Crippen LogP contribution in [0.5, 0.6) is 11.5 Å². The number of nitrogens with two attached hydrogens (primary N) is 1. The zero-order chi connectivity index (χ0) is 14.2. The summed E-state index contributed by atoms with van der Waals surface area (Å²) in [6.45, 7) is 3.21. The summed E-state index contributed by atoms with van der Waals surface area (Å²) in [5, 5.41) is 0. The summed E-state index contributed by atoms with van der Waals surface area (Å²) in [4.78, 5) is 0. The number of hydrogen-bond acceptors (Lipinski definition) is 3. The molecule has 2 aromatic rings. The Balaban J connectivity index is 1.90. The van der Waals surface area contributed by atoms with E-state index in [-0.39, 0.29) is 6.04 Å². The van der Waals surface area contributed by atoms with Crippen molar-refractivity contribution in [3.05, 3.63) is 60.2 Å². The predicted octanol–water partition coefficient (Wildman–Crippen LogP) is 3.55. The van der Waals surface area contributed by atoms with Crippen LogP contribution in [0.1, 0.15) is 24.9 Å². The van der Waals surface area contributed by atoms with E-state index in [1.54, 1.807) is 0 Å². The minimum atomic E-state index is -0.0820. The van der Waals surface area contributed by atoms with E-state index in [0.29, 0.717) is 13.2 Å². The topological polar surface area (TPSA) is 44.5 Å². The SMILES string of the molecule is CCOc1ccccc1C(N)CCOc1ccccc1. The molecular weight excluding hydrogens is 250 g/mol. The minimum Gasteiger partial charge on any atom is -0.494 e. The van der Waals surface area contributed by atoms with Crippen molar-refractivity contribution in [3.8, 4) is 11.5 Å². The lowest BCUT2D eigenvalue weighted by atomic mass is 10.0. The molecule has 0 fully saturated rings. The van der Waals surface area contributed by atoms with E-state index in [9.17, 15) is 0 Å². The molecule has 0 bridgehead atoms. The predicted molar refractivity (Wildman–Crippen MR) is 81.1 cm³/mol. The fourth-order valence-corrected chi connectivity index (χ4v) is 2.05. The maximum atomic E-state index is 6.23. The van der Waals surface area contributed by atoms with E-state index in [1.807, 2.05) is 61.5 Å². The summed E-state index contributed by atoms with van der Waals surface area (Å²) >= 11 is 0. The fourth-order valence-electron chi connectivity index (χ4n) is 2.05. The Morgan fingerprint density at radius 2 is 1.65 bits per heavy atom. The van der Waals surface area contributed by atoms with Gasteiger partial charge in [-0.1, -0.05) is 36.4 Å². The number of ether oxygens (including phenoxy) is 2. The van der Waals surface area contributed by atoms with Crippen LogP contribution in [0.25, 0.3) is 0 Å². The molecule has 0 radical (unpaired) electrons. The van der Waals surface area contributed by atoms with Crippen LogP contribution in [0.15, 0.2) is 54.6 Å². The molecule has 0 aliphatic rings. The molecule has 2 N–H and O–H groups in total. The van der Waals surface area contributed by atoms with Crippen molar-refractivity contribution in [2.24, 2.45) is 5.73 Å². The van der Waals surface area contributed by atoms with Gasteiger partial charge in [-0.15, -0.1) is 0 Å². The molecule has 0 aliphatic carbocycles. The van der Waals surface area contributed by atoms with Crippen molar-refractivity contribution in [1.82, 2.24) is 0 Å². The van der Waals surface area contributed by atoms with Gasteiger partial charge in [0.05, 0.1) is 13.2 Å². The highest BCUT2D eigenvalue weighted by Gasteiger charge is 2.11. The van der Waals surface area contributed by atoms with Crippen molar-refractivity contribution in [1.29, 1.82) is 0 Å². The standard InChI is InChI=1S/C17H21NO2/c1-2-19-17-11-7-6-10-15(17)16(18)12-13-20-14-8-4-3-5-9-14/h3-11,16H,2,12-13,18H2,1H3. The van der Waals surface area contributed by atoms with Gasteiger partial charge in [0.25, 0.3) is 0 Å². The fraction of sp³-hybridized carbons (Fsp3) is 0.294. The van der Waals surface area contributed by atoms with E-state index >= 15 is 0 Å². The molecule has 0 saturated heterocycles. The molecule has 0 spiro atoms. The average molecular weight is 271 g/mol. The Labute approximate surface area is 120 Å². The van der Waals surface area contributed by atoms with E-state index in [2.05, 4.69) is 0 Å². The zero-order valence-electron chi connectivity index (χ0n) is 11.8. The largest absolute Gasteiger partial charge is 0.494 e. The second-order valence-electron chi connectivity index (χ2n) is 4.53. The highest BCUT2D eigenvalue weighted by Crippen LogP contribution is 2.25. The van der Waals surface area contributed by atoms with Crippen LogP contribution in [0, 0.1) is 0 Å². The molecule has 0 aromatic heterocycles. The molecule has 0 saturated carbocycles. The van der Waals surface area contributed by atoms with Crippen LogP contribution in [0.2, 0.25) is 0 Å². The summed E-state index contributed by atoms with van der Waals surface area (Å²) in [7, 11) is 0. The number of hydrogen-bond donors (Lipinski definition) is 1. The molecule has 1 atom stereocenters. The molecular formula is C17H21NO2. The summed E-state index contributed by atoms with van der Waals surface area (Å²) < 4.78 is 11.3. The lowest BCUT2D eigenvalue weighted by molar-refractivity contribution is 0.293. The lowest BCUT2D eigenvalue weighted by Crippen LogP contribution is -2.15. The first kappa shape index (κ1) is 14.4. The van der Waals surface area contributed by atoms with E-state index in [0.717, 1.165) is 23.5 Å². The molecule has 3 nitrogen and oxygen atoms in total. The smallest absolute Gasteiger partial charge is 0.124 e. The minimum absolute atomic E-state index is 0.0820. The first-order chi connectivity index (χ1) is 9.81. The highest BCUT2D eigenvalue weighted by atomic mass is 16.5. The third kappa shape index (κ3) is 4.00. The third-order valence-electron chi connectivity index (χ3n) is 3.06. The lowest BCUT2D eigenvalue weighted by Gasteiger charge is -2.16. The van der Waals surface area contributed by atoms with Crippen LogP contribution < -0.4 is 15.2 Å². The maximum absolute atomic E-state index is 6.23. The monoisotopic (exact) mass is 271 g/mol. The highest BCUT2D eigenvalue weighted by molar-refractivity contribution is 5.35. The van der Waals surface area contributed by atoms with Gasteiger partial charge in [0.1, 0.15) is 11.5 Å². The number of rotatable bonds is 7. The Morgan fingerprint density at radius 3 is 2.40 bits per heavy atom. The van der Waals surface area contributed by atoms with Gasteiger partial charge in [0, 0.05) is 18.0 Å². The van der Waals surface area contributed by atoms with Crippen molar-refractivity contribution in [2.45, 2.75) is 19.4 Å². The van der Waals surface area contributed by atoms with E-state index in [4.69, 9.17) is 15.2 Å². The zero-order valence-corrected chi connectivity index (χ0v) is 11.8. The summed E-state index contributed by atoms with van der Waals surface area (Å²) in [6, 6.07) is 17.6. The number of benzene rings is 2. The molecule has 2 aromatic carbocycles. The second kappa shape index (κ2) is 7.56.